The maximum Gasteiger partial charge on any atom is 0.323 e. The molecule has 92 valence electrons. The average Bonchev–Trinajstić information content (AvgIpc) is 2.99. The monoisotopic (exact) mass is 228 g/mol. The predicted molar refractivity (Wildman–Crippen MR) is 59.8 cm³/mol. The van der Waals surface area contributed by atoms with Crippen LogP contribution in [0.25, 0.3) is 0 Å². The van der Waals surface area contributed by atoms with Gasteiger partial charge in [-0.1, -0.05) is 6.92 Å². The lowest BCUT2D eigenvalue weighted by Crippen LogP contribution is -2.54. The Kier molecular flexibility index (Phi) is 3.91. The minimum Gasteiger partial charge on any atom is -0.480 e. The van der Waals surface area contributed by atoms with Crippen LogP contribution in [-0.4, -0.2) is 40.5 Å². The van der Waals surface area contributed by atoms with Crippen LogP contribution < -0.4 is 5.73 Å². The fraction of sp³-hybridized carbons (Fsp3) is 0.818. The minimum absolute atomic E-state index is 0.248. The van der Waals surface area contributed by atoms with E-state index in [4.69, 9.17) is 10.8 Å². The van der Waals surface area contributed by atoms with Gasteiger partial charge in [-0.15, -0.1) is 0 Å². The molecule has 1 amide bonds. The first-order valence-corrected chi connectivity index (χ1v) is 5.67. The Balaban J connectivity index is 2.65. The van der Waals surface area contributed by atoms with Crippen molar-refractivity contribution in [2.45, 2.75) is 38.6 Å². The molecule has 0 aromatic rings. The lowest BCUT2D eigenvalue weighted by Gasteiger charge is -2.30. The number of carbonyl (C=O) groups excluding carboxylic acids is 1. The maximum absolute atomic E-state index is 12.0. The number of rotatable bonds is 6. The van der Waals surface area contributed by atoms with Gasteiger partial charge >= 0.3 is 5.97 Å². The molecule has 5 heteroatoms. The number of amides is 1. The van der Waals surface area contributed by atoms with Crippen LogP contribution in [0, 0.1) is 5.92 Å². The molecule has 0 aromatic carbocycles. The summed E-state index contributed by atoms with van der Waals surface area (Å²) < 4.78 is 0. The third-order valence-electron chi connectivity index (χ3n) is 3.01. The predicted octanol–water partition coefficient (Wildman–Crippen LogP) is 0.437. The molecule has 5 nitrogen and oxygen atoms in total. The van der Waals surface area contributed by atoms with Gasteiger partial charge in [-0.05, 0) is 32.1 Å². The number of hydrogen-bond acceptors (Lipinski definition) is 3. The molecule has 1 aliphatic rings. The highest BCUT2D eigenvalue weighted by Crippen LogP contribution is 2.30. The number of nitrogens with zero attached hydrogens (tertiary/aromatic N) is 1. The molecule has 0 aromatic heterocycles. The zero-order chi connectivity index (χ0) is 12.3. The Bertz CT molecular complexity index is 285. The van der Waals surface area contributed by atoms with Crippen molar-refractivity contribution in [1.82, 2.24) is 4.90 Å². The van der Waals surface area contributed by atoms with Crippen LogP contribution in [-0.2, 0) is 9.59 Å². The highest BCUT2D eigenvalue weighted by atomic mass is 16.4. The van der Waals surface area contributed by atoms with Gasteiger partial charge in [-0.3, -0.25) is 9.59 Å². The van der Waals surface area contributed by atoms with E-state index in [2.05, 4.69) is 0 Å². The van der Waals surface area contributed by atoms with Crippen LogP contribution in [0.3, 0.4) is 0 Å². The minimum atomic E-state index is -0.985. The number of nitrogens with two attached hydrogens (primary N) is 1. The summed E-state index contributed by atoms with van der Waals surface area (Å²) in [4.78, 5) is 24.1. The summed E-state index contributed by atoms with van der Waals surface area (Å²) in [6, 6.07) is 0. The second-order valence-corrected chi connectivity index (χ2v) is 4.79. The van der Waals surface area contributed by atoms with Gasteiger partial charge in [0.25, 0.3) is 0 Å². The maximum atomic E-state index is 12.0. The van der Waals surface area contributed by atoms with Crippen molar-refractivity contribution in [2.75, 3.05) is 13.1 Å². The van der Waals surface area contributed by atoms with Crippen LogP contribution >= 0.6 is 0 Å². The summed E-state index contributed by atoms with van der Waals surface area (Å²) in [6.45, 7) is 3.76. The van der Waals surface area contributed by atoms with E-state index in [0.29, 0.717) is 18.9 Å². The molecule has 0 aliphatic heterocycles. The summed E-state index contributed by atoms with van der Waals surface area (Å²) in [5, 5.41) is 8.77. The summed E-state index contributed by atoms with van der Waals surface area (Å²) in [6.07, 6.45) is 2.67. The van der Waals surface area contributed by atoms with Gasteiger partial charge in [0.05, 0.1) is 5.54 Å². The van der Waals surface area contributed by atoms with Crippen LogP contribution in [0.4, 0.5) is 0 Å². The lowest BCUT2D eigenvalue weighted by atomic mass is 9.98. The first-order valence-electron chi connectivity index (χ1n) is 5.67. The zero-order valence-corrected chi connectivity index (χ0v) is 9.90. The summed E-state index contributed by atoms with van der Waals surface area (Å²) in [7, 11) is 0. The smallest absolute Gasteiger partial charge is 0.323 e. The SMILES string of the molecule is CCC(C)(N)C(=O)N(CC(=O)O)CC1CC1. The highest BCUT2D eigenvalue weighted by Gasteiger charge is 2.35. The van der Waals surface area contributed by atoms with Crippen molar-refractivity contribution in [2.24, 2.45) is 11.7 Å². The summed E-state index contributed by atoms with van der Waals surface area (Å²) in [5.74, 6) is -0.777. The summed E-state index contributed by atoms with van der Waals surface area (Å²) >= 11 is 0. The average molecular weight is 228 g/mol. The van der Waals surface area contributed by atoms with E-state index in [1.807, 2.05) is 6.92 Å². The Morgan fingerprint density at radius 2 is 2.06 bits per heavy atom. The van der Waals surface area contributed by atoms with Crippen molar-refractivity contribution < 1.29 is 14.7 Å². The second-order valence-electron chi connectivity index (χ2n) is 4.79. The molecule has 1 saturated carbocycles. The molecule has 1 atom stereocenters. The molecule has 1 aliphatic carbocycles. The van der Waals surface area contributed by atoms with Gasteiger partial charge in [0.1, 0.15) is 6.54 Å². The number of carbonyl (C=O) groups is 2. The molecule has 0 bridgehead atoms. The van der Waals surface area contributed by atoms with E-state index in [1.54, 1.807) is 6.92 Å². The van der Waals surface area contributed by atoms with E-state index in [9.17, 15) is 9.59 Å². The molecule has 0 heterocycles. The van der Waals surface area contributed by atoms with Crippen molar-refractivity contribution in [3.63, 3.8) is 0 Å². The van der Waals surface area contributed by atoms with Crippen LogP contribution in [0.1, 0.15) is 33.1 Å². The van der Waals surface area contributed by atoms with E-state index in [1.165, 1.54) is 4.90 Å². The van der Waals surface area contributed by atoms with Crippen molar-refractivity contribution >= 4 is 11.9 Å². The summed E-state index contributed by atoms with van der Waals surface area (Å²) in [5.41, 5.74) is 4.89. The van der Waals surface area contributed by atoms with Crippen LogP contribution in [0.5, 0.6) is 0 Å². The van der Waals surface area contributed by atoms with Gasteiger partial charge in [0.15, 0.2) is 0 Å². The van der Waals surface area contributed by atoms with Crippen molar-refractivity contribution in [3.05, 3.63) is 0 Å². The van der Waals surface area contributed by atoms with Gasteiger partial charge in [-0.2, -0.15) is 0 Å². The molecule has 1 unspecified atom stereocenters. The van der Waals surface area contributed by atoms with Gasteiger partial charge < -0.3 is 15.7 Å². The normalized spacial score (nSPS) is 18.9. The number of carboxylic acids is 1. The second kappa shape index (κ2) is 4.82. The molecule has 1 rings (SSSR count). The highest BCUT2D eigenvalue weighted by molar-refractivity contribution is 5.88. The third-order valence-corrected chi connectivity index (χ3v) is 3.01. The Morgan fingerprint density at radius 1 is 1.50 bits per heavy atom. The molecule has 16 heavy (non-hydrogen) atoms. The van der Waals surface area contributed by atoms with E-state index in [0.717, 1.165) is 12.8 Å². The molecular formula is C11H20N2O3. The van der Waals surface area contributed by atoms with Crippen LogP contribution in [0.15, 0.2) is 0 Å². The molecule has 3 N–H and O–H groups in total. The van der Waals surface area contributed by atoms with Gasteiger partial charge in [0.2, 0.25) is 5.91 Å². The first-order chi connectivity index (χ1) is 7.36. The molecule has 0 spiro atoms. The number of hydrogen-bond donors (Lipinski definition) is 2. The quantitative estimate of drug-likeness (QED) is 0.691. The van der Waals surface area contributed by atoms with Gasteiger partial charge in [0, 0.05) is 6.54 Å². The Labute approximate surface area is 95.6 Å². The fourth-order valence-corrected chi connectivity index (χ4v) is 1.51. The standard InChI is InChI=1S/C11H20N2O3/c1-3-11(2,12)10(16)13(7-9(14)15)6-8-4-5-8/h8H,3-7,12H2,1-2H3,(H,14,15). The Morgan fingerprint density at radius 3 is 2.44 bits per heavy atom. The molecule has 1 fully saturated rings. The van der Waals surface area contributed by atoms with E-state index in [-0.39, 0.29) is 12.5 Å². The van der Waals surface area contributed by atoms with Crippen molar-refractivity contribution in [1.29, 1.82) is 0 Å². The van der Waals surface area contributed by atoms with Crippen molar-refractivity contribution in [3.8, 4) is 0 Å². The third kappa shape index (κ3) is 3.48. The van der Waals surface area contributed by atoms with Crippen LogP contribution in [0.2, 0.25) is 0 Å². The molecule has 0 radical (unpaired) electrons. The zero-order valence-electron chi connectivity index (χ0n) is 9.90. The fourth-order valence-electron chi connectivity index (χ4n) is 1.51. The topological polar surface area (TPSA) is 83.6 Å². The van der Waals surface area contributed by atoms with E-state index >= 15 is 0 Å². The lowest BCUT2D eigenvalue weighted by molar-refractivity contribution is -0.147. The van der Waals surface area contributed by atoms with E-state index < -0.39 is 11.5 Å². The first kappa shape index (κ1) is 13.0. The Hall–Kier alpha value is -1.10. The number of aliphatic carboxylic acids is 1. The molecular weight excluding hydrogens is 208 g/mol. The van der Waals surface area contributed by atoms with Gasteiger partial charge in [-0.25, -0.2) is 0 Å². The number of carboxylic acid groups (broad SMARTS) is 1. The molecule has 0 saturated heterocycles. The largest absolute Gasteiger partial charge is 0.480 e.